The zero-order valence-corrected chi connectivity index (χ0v) is 10.7. The van der Waals surface area contributed by atoms with Gasteiger partial charge in [0.1, 0.15) is 5.82 Å². The van der Waals surface area contributed by atoms with Crippen molar-refractivity contribution in [3.63, 3.8) is 0 Å². The fourth-order valence-corrected chi connectivity index (χ4v) is 3.22. The van der Waals surface area contributed by atoms with Crippen LogP contribution in [0.1, 0.15) is 32.0 Å². The van der Waals surface area contributed by atoms with E-state index in [1.165, 1.54) is 10.5 Å². The number of nitrogens with one attached hydrogen (secondary N) is 1. The van der Waals surface area contributed by atoms with E-state index in [0.717, 1.165) is 0 Å². The van der Waals surface area contributed by atoms with Crippen LogP contribution >= 0.6 is 0 Å². The molecule has 17 heavy (non-hydrogen) atoms. The molecule has 0 aromatic carbocycles. The summed E-state index contributed by atoms with van der Waals surface area (Å²) >= 11 is 0. The van der Waals surface area contributed by atoms with Crippen LogP contribution in [-0.4, -0.2) is 47.0 Å². The molecule has 2 N–H and O–H groups in total. The van der Waals surface area contributed by atoms with Crippen LogP contribution < -0.4 is 0 Å². The molecule has 0 radical (unpaired) electrons. The van der Waals surface area contributed by atoms with Crippen molar-refractivity contribution in [2.45, 2.75) is 37.3 Å². The first-order valence-electron chi connectivity index (χ1n) is 5.64. The van der Waals surface area contributed by atoms with E-state index in [9.17, 15) is 13.5 Å². The number of aliphatic hydroxyl groups excluding tert-OH is 1. The molecule has 1 aromatic heterocycles. The summed E-state index contributed by atoms with van der Waals surface area (Å²) < 4.78 is 25.6. The van der Waals surface area contributed by atoms with Crippen LogP contribution in [-0.2, 0) is 10.0 Å². The predicted octanol–water partition coefficient (Wildman–Crippen LogP) is 0.288. The van der Waals surface area contributed by atoms with Gasteiger partial charge in [0.05, 0.1) is 12.3 Å². The summed E-state index contributed by atoms with van der Waals surface area (Å²) in [6, 6.07) is 0. The highest BCUT2D eigenvalue weighted by atomic mass is 32.2. The van der Waals surface area contributed by atoms with E-state index in [4.69, 9.17) is 0 Å². The number of rotatable bonds is 3. The van der Waals surface area contributed by atoms with Crippen molar-refractivity contribution in [2.24, 2.45) is 0 Å². The summed E-state index contributed by atoms with van der Waals surface area (Å²) in [6.07, 6.45) is 1.28. The van der Waals surface area contributed by atoms with Gasteiger partial charge in [-0.05, 0) is 6.42 Å². The Hall–Kier alpha value is -0.920. The largest absolute Gasteiger partial charge is 0.392 e. The van der Waals surface area contributed by atoms with Gasteiger partial charge in [-0.25, -0.2) is 13.4 Å². The van der Waals surface area contributed by atoms with Crippen molar-refractivity contribution in [1.82, 2.24) is 14.3 Å². The first-order valence-corrected chi connectivity index (χ1v) is 7.08. The van der Waals surface area contributed by atoms with Crippen molar-refractivity contribution in [3.8, 4) is 0 Å². The summed E-state index contributed by atoms with van der Waals surface area (Å²) in [5.74, 6) is 0.812. The van der Waals surface area contributed by atoms with Gasteiger partial charge in [-0.3, -0.25) is 0 Å². The zero-order chi connectivity index (χ0) is 12.6. The van der Waals surface area contributed by atoms with Crippen molar-refractivity contribution >= 4 is 10.0 Å². The molecule has 1 atom stereocenters. The summed E-state index contributed by atoms with van der Waals surface area (Å²) in [7, 11) is -3.53. The Morgan fingerprint density at radius 1 is 1.59 bits per heavy atom. The molecule has 0 saturated carbocycles. The number of hydrogen-bond donors (Lipinski definition) is 2. The summed E-state index contributed by atoms with van der Waals surface area (Å²) in [6.45, 7) is 4.40. The highest BCUT2D eigenvalue weighted by molar-refractivity contribution is 7.89. The molecule has 96 valence electrons. The minimum absolute atomic E-state index is 0.107. The lowest BCUT2D eigenvalue weighted by atomic mass is 10.2. The number of aliphatic hydroxyl groups is 1. The zero-order valence-electron chi connectivity index (χ0n) is 9.92. The lowest BCUT2D eigenvalue weighted by molar-refractivity contribution is 0.189. The van der Waals surface area contributed by atoms with E-state index in [2.05, 4.69) is 9.97 Å². The average Bonchev–Trinajstić information content (AvgIpc) is 2.85. The lowest BCUT2D eigenvalue weighted by Crippen LogP contribution is -2.30. The van der Waals surface area contributed by atoms with Crippen LogP contribution in [0, 0.1) is 0 Å². The van der Waals surface area contributed by atoms with E-state index in [1.807, 2.05) is 13.8 Å². The highest BCUT2D eigenvalue weighted by Crippen LogP contribution is 2.21. The Morgan fingerprint density at radius 2 is 2.29 bits per heavy atom. The number of imidazole rings is 1. The molecule has 0 spiro atoms. The van der Waals surface area contributed by atoms with Crippen molar-refractivity contribution in [2.75, 3.05) is 13.1 Å². The maximum absolute atomic E-state index is 12.2. The Labute approximate surface area is 101 Å². The second kappa shape index (κ2) is 4.40. The maximum atomic E-state index is 12.2. The quantitative estimate of drug-likeness (QED) is 0.816. The first-order chi connectivity index (χ1) is 7.91. The number of H-pyrrole nitrogens is 1. The van der Waals surface area contributed by atoms with Crippen LogP contribution in [0.3, 0.4) is 0 Å². The minimum atomic E-state index is -3.53. The second-order valence-electron chi connectivity index (χ2n) is 4.59. The molecule has 2 rings (SSSR count). The van der Waals surface area contributed by atoms with Crippen LogP contribution in [0.5, 0.6) is 0 Å². The van der Waals surface area contributed by atoms with Gasteiger partial charge >= 0.3 is 0 Å². The molecule has 7 heteroatoms. The van der Waals surface area contributed by atoms with Crippen LogP contribution in [0.25, 0.3) is 0 Å². The highest BCUT2D eigenvalue weighted by Gasteiger charge is 2.32. The molecular formula is C10H17N3O3S. The molecule has 1 fully saturated rings. The van der Waals surface area contributed by atoms with Gasteiger partial charge in [-0.15, -0.1) is 0 Å². The van der Waals surface area contributed by atoms with Gasteiger partial charge in [-0.1, -0.05) is 13.8 Å². The first kappa shape index (κ1) is 12.5. The van der Waals surface area contributed by atoms with E-state index < -0.39 is 16.1 Å². The van der Waals surface area contributed by atoms with Gasteiger partial charge in [-0.2, -0.15) is 4.31 Å². The molecule has 1 aliphatic heterocycles. The molecular weight excluding hydrogens is 242 g/mol. The fraction of sp³-hybridized carbons (Fsp3) is 0.700. The molecule has 1 saturated heterocycles. The fourth-order valence-electron chi connectivity index (χ4n) is 1.81. The molecule has 1 aliphatic rings. The van der Waals surface area contributed by atoms with E-state index in [0.29, 0.717) is 18.8 Å². The number of sulfonamides is 1. The van der Waals surface area contributed by atoms with Crippen LogP contribution in [0.2, 0.25) is 0 Å². The lowest BCUT2D eigenvalue weighted by Gasteiger charge is -2.13. The second-order valence-corrected chi connectivity index (χ2v) is 6.50. The number of aromatic nitrogens is 2. The Morgan fingerprint density at radius 3 is 2.76 bits per heavy atom. The molecule has 0 unspecified atom stereocenters. The van der Waals surface area contributed by atoms with E-state index in [1.54, 1.807) is 0 Å². The third-order valence-electron chi connectivity index (χ3n) is 2.86. The number of β-amino-alcohol motifs (C(OH)–C–C–N with tert-alkyl or cyclic N) is 1. The van der Waals surface area contributed by atoms with Crippen molar-refractivity contribution in [3.05, 3.63) is 12.0 Å². The number of aromatic amines is 1. The van der Waals surface area contributed by atoms with Gasteiger partial charge in [0.15, 0.2) is 5.03 Å². The van der Waals surface area contributed by atoms with Gasteiger partial charge in [0, 0.05) is 19.0 Å². The van der Waals surface area contributed by atoms with Crippen molar-refractivity contribution in [1.29, 1.82) is 0 Å². The molecule has 0 amide bonds. The molecule has 1 aromatic rings. The molecule has 6 nitrogen and oxygen atoms in total. The number of hydrogen-bond acceptors (Lipinski definition) is 4. The van der Waals surface area contributed by atoms with Crippen LogP contribution in [0.4, 0.5) is 0 Å². The smallest absolute Gasteiger partial charge is 0.260 e. The SMILES string of the molecule is CC(C)c1ncc(S(=O)(=O)N2CC[C@H](O)C2)[nH]1. The van der Waals surface area contributed by atoms with Gasteiger partial charge in [0.2, 0.25) is 0 Å². The Balaban J connectivity index is 2.25. The number of nitrogens with zero attached hydrogens (tertiary/aromatic N) is 2. The maximum Gasteiger partial charge on any atom is 0.260 e. The molecule has 0 aliphatic carbocycles. The Kier molecular flexibility index (Phi) is 3.24. The van der Waals surface area contributed by atoms with Gasteiger partial charge in [0.25, 0.3) is 10.0 Å². The molecule has 0 bridgehead atoms. The minimum Gasteiger partial charge on any atom is -0.392 e. The summed E-state index contributed by atoms with van der Waals surface area (Å²) in [4.78, 5) is 6.87. The summed E-state index contributed by atoms with van der Waals surface area (Å²) in [5, 5.41) is 9.48. The van der Waals surface area contributed by atoms with Gasteiger partial charge < -0.3 is 10.1 Å². The topological polar surface area (TPSA) is 86.3 Å². The predicted molar refractivity (Wildman–Crippen MR) is 62.1 cm³/mol. The molecule has 2 heterocycles. The average molecular weight is 259 g/mol. The third kappa shape index (κ3) is 2.36. The standard InChI is InChI=1S/C10H17N3O3S/c1-7(2)10-11-5-9(12-10)17(15,16)13-4-3-8(14)6-13/h5,7-8,14H,3-4,6H2,1-2H3,(H,11,12)/t8-/m0/s1. The Bertz CT molecular complexity index is 495. The van der Waals surface area contributed by atoms with E-state index >= 15 is 0 Å². The van der Waals surface area contributed by atoms with Crippen molar-refractivity contribution < 1.29 is 13.5 Å². The van der Waals surface area contributed by atoms with E-state index in [-0.39, 0.29) is 17.5 Å². The third-order valence-corrected chi connectivity index (χ3v) is 4.64. The van der Waals surface area contributed by atoms with Crippen LogP contribution in [0.15, 0.2) is 11.2 Å². The normalized spacial score (nSPS) is 22.5. The summed E-state index contributed by atoms with van der Waals surface area (Å²) in [5.41, 5.74) is 0. The monoisotopic (exact) mass is 259 g/mol.